The zero-order valence-corrected chi connectivity index (χ0v) is 16.2. The number of fused-ring (bicyclic) bond motifs is 4. The summed E-state index contributed by atoms with van der Waals surface area (Å²) >= 11 is 0. The molecule has 0 aliphatic heterocycles. The van der Waals surface area contributed by atoms with Gasteiger partial charge in [-0.15, -0.1) is 0 Å². The van der Waals surface area contributed by atoms with Crippen LogP contribution in [-0.4, -0.2) is 20.2 Å². The van der Waals surface area contributed by atoms with E-state index in [9.17, 15) is 9.18 Å². The lowest BCUT2D eigenvalue weighted by atomic mass is 9.93. The predicted molar refractivity (Wildman–Crippen MR) is 116 cm³/mol. The van der Waals surface area contributed by atoms with E-state index in [0.717, 1.165) is 34.8 Å². The Bertz CT molecular complexity index is 1560. The first-order valence-corrected chi connectivity index (χ1v) is 9.90. The first-order chi connectivity index (χ1) is 14.5. The molecule has 6 rings (SSSR count). The summed E-state index contributed by atoms with van der Waals surface area (Å²) in [5, 5.41) is 9.00. The second kappa shape index (κ2) is 5.89. The smallest absolute Gasteiger partial charge is 0.272 e. The van der Waals surface area contributed by atoms with Gasteiger partial charge in [-0.05, 0) is 61.1 Å². The van der Waals surface area contributed by atoms with Crippen molar-refractivity contribution in [2.24, 2.45) is 0 Å². The first-order valence-electron chi connectivity index (χ1n) is 9.90. The van der Waals surface area contributed by atoms with Gasteiger partial charge in [0.25, 0.3) is 5.56 Å². The van der Waals surface area contributed by atoms with Gasteiger partial charge < -0.3 is 10.7 Å². The van der Waals surface area contributed by atoms with Crippen molar-refractivity contribution in [2.45, 2.75) is 25.7 Å². The maximum atomic E-state index is 14.3. The Labute approximate surface area is 169 Å². The quantitative estimate of drug-likeness (QED) is 0.380. The van der Waals surface area contributed by atoms with Crippen LogP contribution in [-0.2, 0) is 0 Å². The average molecular weight is 399 g/mol. The highest BCUT2D eigenvalue weighted by molar-refractivity contribution is 6.15. The molecule has 0 unspecified atom stereocenters. The Morgan fingerprint density at radius 2 is 1.93 bits per heavy atom. The van der Waals surface area contributed by atoms with Crippen molar-refractivity contribution in [1.82, 2.24) is 20.2 Å². The third-order valence-corrected chi connectivity index (χ3v) is 6.02. The maximum absolute atomic E-state index is 14.3. The fourth-order valence-electron chi connectivity index (χ4n) is 4.41. The number of anilines is 1. The van der Waals surface area contributed by atoms with Crippen molar-refractivity contribution in [3.63, 3.8) is 0 Å². The summed E-state index contributed by atoms with van der Waals surface area (Å²) in [6, 6.07) is 9.07. The number of aromatic nitrogens is 4. The molecule has 1 aliphatic rings. The van der Waals surface area contributed by atoms with E-state index in [2.05, 4.69) is 21.2 Å². The third-order valence-electron chi connectivity index (χ3n) is 6.02. The molecule has 148 valence electrons. The number of nitrogens with one attached hydrogen (secondary N) is 2. The number of nitrogen functional groups attached to an aromatic ring is 1. The van der Waals surface area contributed by atoms with Crippen molar-refractivity contribution in [3.05, 3.63) is 64.0 Å². The molecular weight excluding hydrogens is 381 g/mol. The molecule has 0 radical (unpaired) electrons. The summed E-state index contributed by atoms with van der Waals surface area (Å²) < 4.78 is 14.3. The standard InChI is InChI=1S/C23H18FN5O/c1-10-2-5-13-20(27-10)14(11-3-4-11)8-15-18(19(25)23(30)28-21(13)15)12-6-7-17(24)22-16(12)9-26-29-22/h2,5-9,11H,3-4,25H2,1H3,(H,26,29)(H,28,30). The largest absolute Gasteiger partial charge is 0.394 e. The molecule has 0 bridgehead atoms. The summed E-state index contributed by atoms with van der Waals surface area (Å²) in [4.78, 5) is 20.5. The highest BCUT2D eigenvalue weighted by Crippen LogP contribution is 2.46. The van der Waals surface area contributed by atoms with Gasteiger partial charge in [0.15, 0.2) is 0 Å². The predicted octanol–water partition coefficient (Wildman–Crippen LogP) is 4.53. The SMILES string of the molecule is Cc1ccc2c(n1)c(C1CC1)cc1c(-c3ccc(F)c4[nH]ncc34)c(N)c(=O)[nH]c12. The Morgan fingerprint density at radius 1 is 1.10 bits per heavy atom. The number of nitrogens with two attached hydrogens (primary N) is 1. The number of aryl methyl sites for hydroxylation is 1. The minimum absolute atomic E-state index is 0.109. The molecule has 0 saturated heterocycles. The van der Waals surface area contributed by atoms with Gasteiger partial charge in [0.1, 0.15) is 17.0 Å². The molecule has 7 heteroatoms. The molecule has 3 aromatic heterocycles. The molecule has 0 amide bonds. The first kappa shape index (κ1) is 17.1. The van der Waals surface area contributed by atoms with Crippen LogP contribution in [0.15, 0.2) is 41.3 Å². The summed E-state index contributed by atoms with van der Waals surface area (Å²) in [5.41, 5.74) is 11.3. The van der Waals surface area contributed by atoms with Crippen LogP contribution in [0.25, 0.3) is 43.8 Å². The van der Waals surface area contributed by atoms with Crippen molar-refractivity contribution in [2.75, 3.05) is 5.73 Å². The number of H-pyrrole nitrogens is 2. The molecule has 6 nitrogen and oxygen atoms in total. The molecule has 1 fully saturated rings. The fraction of sp³-hybridized carbons (Fsp3) is 0.174. The van der Waals surface area contributed by atoms with Crippen LogP contribution >= 0.6 is 0 Å². The van der Waals surface area contributed by atoms with Gasteiger partial charge >= 0.3 is 0 Å². The van der Waals surface area contributed by atoms with Crippen LogP contribution < -0.4 is 11.3 Å². The fourth-order valence-corrected chi connectivity index (χ4v) is 4.41. The average Bonchev–Trinajstić information content (AvgIpc) is 3.45. The molecule has 0 atom stereocenters. The van der Waals surface area contributed by atoms with E-state index in [0.29, 0.717) is 33.5 Å². The highest BCUT2D eigenvalue weighted by atomic mass is 19.1. The summed E-state index contributed by atoms with van der Waals surface area (Å²) in [6.45, 7) is 1.96. The van der Waals surface area contributed by atoms with Crippen molar-refractivity contribution >= 4 is 38.4 Å². The van der Waals surface area contributed by atoms with E-state index < -0.39 is 5.82 Å². The van der Waals surface area contributed by atoms with Crippen LogP contribution in [0.4, 0.5) is 10.1 Å². The van der Waals surface area contributed by atoms with Crippen LogP contribution in [0.2, 0.25) is 0 Å². The highest BCUT2D eigenvalue weighted by Gasteiger charge is 2.28. The van der Waals surface area contributed by atoms with E-state index in [1.807, 2.05) is 19.1 Å². The lowest BCUT2D eigenvalue weighted by molar-refractivity contribution is 0.636. The van der Waals surface area contributed by atoms with Gasteiger partial charge in [-0.25, -0.2) is 4.39 Å². The van der Waals surface area contributed by atoms with Gasteiger partial charge in [-0.3, -0.25) is 14.9 Å². The summed E-state index contributed by atoms with van der Waals surface area (Å²) in [5.74, 6) is 0.0529. The Balaban J connectivity index is 1.83. The number of hydrogen-bond acceptors (Lipinski definition) is 4. The molecular formula is C23H18FN5O. The molecule has 3 heterocycles. The topological polar surface area (TPSA) is 100 Å². The van der Waals surface area contributed by atoms with Crippen LogP contribution in [0.1, 0.15) is 30.0 Å². The van der Waals surface area contributed by atoms with E-state index in [-0.39, 0.29) is 11.2 Å². The normalized spacial score (nSPS) is 14.2. The number of hydrogen-bond donors (Lipinski definition) is 3. The minimum atomic E-state index is -0.400. The van der Waals surface area contributed by atoms with Gasteiger partial charge in [-0.2, -0.15) is 5.10 Å². The van der Waals surface area contributed by atoms with Crippen molar-refractivity contribution in [3.8, 4) is 11.1 Å². The number of halogens is 1. The lowest BCUT2D eigenvalue weighted by Gasteiger charge is -2.15. The third kappa shape index (κ3) is 2.32. The Hall–Kier alpha value is -3.74. The van der Waals surface area contributed by atoms with Gasteiger partial charge in [0.2, 0.25) is 0 Å². The van der Waals surface area contributed by atoms with Gasteiger partial charge in [-0.1, -0.05) is 6.07 Å². The summed E-state index contributed by atoms with van der Waals surface area (Å²) in [6.07, 6.45) is 3.80. The number of aromatic amines is 2. The summed E-state index contributed by atoms with van der Waals surface area (Å²) in [7, 11) is 0. The monoisotopic (exact) mass is 399 g/mol. The molecule has 0 spiro atoms. The van der Waals surface area contributed by atoms with Gasteiger partial charge in [0.05, 0.1) is 17.2 Å². The Morgan fingerprint density at radius 3 is 2.73 bits per heavy atom. The zero-order valence-electron chi connectivity index (χ0n) is 16.2. The molecule has 4 N–H and O–H groups in total. The molecule has 1 saturated carbocycles. The van der Waals surface area contributed by atoms with E-state index in [1.165, 1.54) is 11.6 Å². The van der Waals surface area contributed by atoms with Crippen LogP contribution in [0, 0.1) is 12.7 Å². The van der Waals surface area contributed by atoms with Crippen molar-refractivity contribution < 1.29 is 4.39 Å². The number of rotatable bonds is 2. The number of nitrogens with zero attached hydrogens (tertiary/aromatic N) is 2. The number of pyridine rings is 2. The van der Waals surface area contributed by atoms with E-state index >= 15 is 0 Å². The molecule has 30 heavy (non-hydrogen) atoms. The molecule has 1 aliphatic carbocycles. The van der Waals surface area contributed by atoms with E-state index in [1.54, 1.807) is 12.3 Å². The van der Waals surface area contributed by atoms with Crippen LogP contribution in [0.3, 0.4) is 0 Å². The minimum Gasteiger partial charge on any atom is -0.394 e. The maximum Gasteiger partial charge on any atom is 0.272 e. The second-order valence-electron chi connectivity index (χ2n) is 8.01. The zero-order chi connectivity index (χ0) is 20.6. The number of benzene rings is 2. The van der Waals surface area contributed by atoms with Crippen molar-refractivity contribution in [1.29, 1.82) is 0 Å². The van der Waals surface area contributed by atoms with Crippen LogP contribution in [0.5, 0.6) is 0 Å². The second-order valence-corrected chi connectivity index (χ2v) is 8.01. The Kier molecular flexibility index (Phi) is 3.36. The molecule has 2 aromatic carbocycles. The molecule has 5 aromatic rings. The lowest BCUT2D eigenvalue weighted by Crippen LogP contribution is -2.14. The van der Waals surface area contributed by atoms with Gasteiger partial charge in [0, 0.05) is 27.4 Å². The van der Waals surface area contributed by atoms with E-state index in [4.69, 9.17) is 10.7 Å².